The summed E-state index contributed by atoms with van der Waals surface area (Å²) in [7, 11) is 3.83. The van der Waals surface area contributed by atoms with Crippen molar-refractivity contribution in [3.8, 4) is 5.75 Å². The fourth-order valence-electron chi connectivity index (χ4n) is 4.63. The van der Waals surface area contributed by atoms with Gasteiger partial charge in [0.2, 0.25) is 11.9 Å². The number of hydrogen-bond acceptors (Lipinski definition) is 7. The molecule has 1 fully saturated rings. The van der Waals surface area contributed by atoms with Crippen molar-refractivity contribution in [3.63, 3.8) is 0 Å². The predicted molar refractivity (Wildman–Crippen MR) is 122 cm³/mol. The van der Waals surface area contributed by atoms with Crippen LogP contribution in [-0.2, 0) is 17.8 Å². The largest absolute Gasteiger partial charge is 0.495 e. The van der Waals surface area contributed by atoms with Gasteiger partial charge in [0.25, 0.3) is 0 Å². The van der Waals surface area contributed by atoms with Crippen molar-refractivity contribution in [1.29, 1.82) is 0 Å². The van der Waals surface area contributed by atoms with E-state index in [-0.39, 0.29) is 5.91 Å². The maximum atomic E-state index is 11.1. The number of carbonyl (C=O) groups is 1. The van der Waals surface area contributed by atoms with Crippen LogP contribution in [0.1, 0.15) is 36.9 Å². The summed E-state index contributed by atoms with van der Waals surface area (Å²) in [5.41, 5.74) is 4.32. The van der Waals surface area contributed by atoms with Gasteiger partial charge in [-0.05, 0) is 55.5 Å². The highest BCUT2D eigenvalue weighted by Gasteiger charge is 2.32. The van der Waals surface area contributed by atoms with Gasteiger partial charge in [-0.1, -0.05) is 0 Å². The Balaban J connectivity index is 1.36. The van der Waals surface area contributed by atoms with Gasteiger partial charge < -0.3 is 20.3 Å². The first-order valence-electron chi connectivity index (χ1n) is 11.1. The third kappa shape index (κ3) is 4.00. The minimum absolute atomic E-state index is 0.0192. The van der Waals surface area contributed by atoms with Crippen molar-refractivity contribution in [2.45, 2.75) is 38.8 Å². The highest BCUT2D eigenvalue weighted by Crippen LogP contribution is 2.38. The second-order valence-corrected chi connectivity index (χ2v) is 8.92. The normalized spacial score (nSPS) is 20.5. The molecule has 1 amide bonds. The number of benzene rings is 1. The van der Waals surface area contributed by atoms with Gasteiger partial charge in [-0.15, -0.1) is 0 Å². The molecule has 0 unspecified atom stereocenters. The Kier molecular flexibility index (Phi) is 5.42. The number of likely N-dealkylation sites (N-methyl/N-ethyl adjacent to an activating group) is 1. The van der Waals surface area contributed by atoms with Crippen LogP contribution in [0, 0.1) is 5.92 Å². The summed E-state index contributed by atoms with van der Waals surface area (Å²) >= 11 is 0. The van der Waals surface area contributed by atoms with Crippen LogP contribution >= 0.6 is 0 Å². The monoisotopic (exact) mass is 435 g/mol. The van der Waals surface area contributed by atoms with Crippen molar-refractivity contribution in [2.75, 3.05) is 32.6 Å². The number of rotatable bonds is 6. The molecule has 0 saturated heterocycles. The molecule has 3 heterocycles. The van der Waals surface area contributed by atoms with Crippen LogP contribution in [0.25, 0.3) is 11.0 Å². The smallest absolute Gasteiger partial charge is 0.229 e. The number of ether oxygens (including phenoxy) is 1. The lowest BCUT2D eigenvalue weighted by Gasteiger charge is -2.35. The molecule has 9 heteroatoms. The van der Waals surface area contributed by atoms with Gasteiger partial charge in [-0.25, -0.2) is 9.67 Å². The Labute approximate surface area is 187 Å². The lowest BCUT2D eigenvalue weighted by molar-refractivity contribution is -0.119. The maximum absolute atomic E-state index is 11.1. The Bertz CT molecular complexity index is 1150. The fraction of sp³-hybridized carbons (Fsp3) is 0.478. The number of aromatic nitrogens is 4. The molecule has 1 aliphatic heterocycles. The molecule has 1 aliphatic carbocycles. The van der Waals surface area contributed by atoms with Crippen LogP contribution in [0.4, 0.5) is 11.6 Å². The zero-order chi connectivity index (χ0) is 22.2. The first-order valence-corrected chi connectivity index (χ1v) is 11.1. The van der Waals surface area contributed by atoms with E-state index in [0.717, 1.165) is 61.4 Å². The second kappa shape index (κ2) is 8.38. The Morgan fingerprint density at radius 3 is 2.88 bits per heavy atom. The minimum Gasteiger partial charge on any atom is -0.495 e. The number of fused-ring (bicyclic) bond motifs is 2. The molecular formula is C23H29N7O2. The Hall–Kier alpha value is -3.20. The number of nitrogens with zero attached hydrogens (tertiary/aromatic N) is 5. The summed E-state index contributed by atoms with van der Waals surface area (Å²) in [5, 5.41) is 11.7. The van der Waals surface area contributed by atoms with Crippen molar-refractivity contribution in [3.05, 3.63) is 35.7 Å². The lowest BCUT2D eigenvalue weighted by atomic mass is 9.80. The van der Waals surface area contributed by atoms with E-state index in [9.17, 15) is 4.79 Å². The van der Waals surface area contributed by atoms with Crippen LogP contribution < -0.4 is 15.4 Å². The summed E-state index contributed by atoms with van der Waals surface area (Å²) < 4.78 is 7.64. The molecule has 2 N–H and O–H groups in total. The van der Waals surface area contributed by atoms with E-state index in [0.29, 0.717) is 17.9 Å². The molecule has 0 atom stereocenters. The maximum Gasteiger partial charge on any atom is 0.229 e. The topological polar surface area (TPSA) is 97.2 Å². The fourth-order valence-corrected chi connectivity index (χ4v) is 4.63. The molecule has 1 aromatic carbocycles. The van der Waals surface area contributed by atoms with Crippen LogP contribution in [0.5, 0.6) is 5.75 Å². The molecule has 9 nitrogen and oxygen atoms in total. The van der Waals surface area contributed by atoms with E-state index in [4.69, 9.17) is 9.72 Å². The average molecular weight is 436 g/mol. The molecule has 5 rings (SSSR count). The average Bonchev–Trinajstić information content (AvgIpc) is 3.15. The minimum atomic E-state index is 0.0192. The molecule has 2 aromatic heterocycles. The zero-order valence-corrected chi connectivity index (χ0v) is 18.8. The highest BCUT2D eigenvalue weighted by atomic mass is 16.5. The van der Waals surface area contributed by atoms with Gasteiger partial charge in [0.15, 0.2) is 5.65 Å². The molecule has 0 bridgehead atoms. The molecule has 3 aromatic rings. The lowest BCUT2D eigenvalue weighted by Crippen LogP contribution is -2.36. The molecule has 0 spiro atoms. The van der Waals surface area contributed by atoms with Gasteiger partial charge in [0.05, 0.1) is 30.4 Å². The van der Waals surface area contributed by atoms with Crippen LogP contribution in [-0.4, -0.2) is 57.8 Å². The third-order valence-corrected chi connectivity index (χ3v) is 6.50. The first-order chi connectivity index (χ1) is 15.5. The van der Waals surface area contributed by atoms with Gasteiger partial charge in [-0.3, -0.25) is 4.79 Å². The number of amides is 1. The zero-order valence-electron chi connectivity index (χ0n) is 18.8. The van der Waals surface area contributed by atoms with E-state index in [2.05, 4.69) is 44.8 Å². The first kappa shape index (κ1) is 20.7. The standard InChI is InChI=1S/C23H29N7O2/c1-14(31)24-10-15-6-19(7-15)30-22-18(12-26-30)11-25-23(28-22)27-20-8-17-13-29(2)5-4-16(17)9-21(20)32-3/h8-9,11-12,15,19H,4-7,10,13H2,1-3H3,(H,24,31)(H,25,27,28)/t15-,19+. The molecule has 1 saturated carbocycles. The van der Waals surface area contributed by atoms with Gasteiger partial charge in [0.1, 0.15) is 5.75 Å². The molecular weight excluding hydrogens is 406 g/mol. The van der Waals surface area contributed by atoms with Crippen LogP contribution in [0.15, 0.2) is 24.5 Å². The summed E-state index contributed by atoms with van der Waals surface area (Å²) in [6.45, 7) is 4.25. The van der Waals surface area contributed by atoms with Gasteiger partial charge >= 0.3 is 0 Å². The SMILES string of the molecule is COc1cc2c(cc1Nc1ncc3cnn([C@H]4C[C@@H](CNC(C)=O)C4)c3n1)CN(C)CC2. The van der Waals surface area contributed by atoms with E-state index >= 15 is 0 Å². The number of anilines is 2. The van der Waals surface area contributed by atoms with Crippen LogP contribution in [0.2, 0.25) is 0 Å². The second-order valence-electron chi connectivity index (χ2n) is 8.92. The van der Waals surface area contributed by atoms with Gasteiger partial charge in [-0.2, -0.15) is 10.1 Å². The predicted octanol–water partition coefficient (Wildman–Crippen LogP) is 2.65. The highest BCUT2D eigenvalue weighted by molar-refractivity contribution is 5.76. The Morgan fingerprint density at radius 1 is 1.25 bits per heavy atom. The van der Waals surface area contributed by atoms with Crippen molar-refractivity contribution < 1.29 is 9.53 Å². The summed E-state index contributed by atoms with van der Waals surface area (Å²) in [4.78, 5) is 22.7. The summed E-state index contributed by atoms with van der Waals surface area (Å²) in [6.07, 6.45) is 6.61. The number of hydrogen-bond donors (Lipinski definition) is 2. The summed E-state index contributed by atoms with van der Waals surface area (Å²) in [5.74, 6) is 1.83. The van der Waals surface area contributed by atoms with E-state index < -0.39 is 0 Å². The van der Waals surface area contributed by atoms with Gasteiger partial charge in [0, 0.05) is 32.8 Å². The Morgan fingerprint density at radius 2 is 2.09 bits per heavy atom. The number of nitrogens with one attached hydrogen (secondary N) is 2. The summed E-state index contributed by atoms with van der Waals surface area (Å²) in [6, 6.07) is 4.56. The molecule has 32 heavy (non-hydrogen) atoms. The van der Waals surface area contributed by atoms with E-state index in [1.54, 1.807) is 20.2 Å². The van der Waals surface area contributed by atoms with Crippen LogP contribution in [0.3, 0.4) is 0 Å². The molecule has 2 aliphatic rings. The third-order valence-electron chi connectivity index (χ3n) is 6.50. The number of carbonyl (C=O) groups excluding carboxylic acids is 1. The quantitative estimate of drug-likeness (QED) is 0.614. The van der Waals surface area contributed by atoms with E-state index in [1.165, 1.54) is 11.1 Å². The van der Waals surface area contributed by atoms with E-state index in [1.807, 2.05) is 10.9 Å². The number of methoxy groups -OCH3 is 1. The molecule has 168 valence electrons. The molecule has 0 radical (unpaired) electrons. The van der Waals surface area contributed by atoms with Crippen molar-refractivity contribution >= 4 is 28.6 Å². The van der Waals surface area contributed by atoms with Crippen molar-refractivity contribution in [1.82, 2.24) is 30.0 Å². The van der Waals surface area contributed by atoms with Crippen molar-refractivity contribution in [2.24, 2.45) is 5.92 Å².